The molecule has 0 aliphatic carbocycles. The van der Waals surface area contributed by atoms with Gasteiger partial charge in [-0.15, -0.1) is 0 Å². The molecule has 32 heavy (non-hydrogen) atoms. The van der Waals surface area contributed by atoms with Crippen LogP contribution in [0.4, 0.5) is 4.39 Å². The molecular formula is C24H34FN5O2. The standard InChI is InChI=1S/C24H34FN5O2/c1-4-20-9-8-19(16-22(20)25)18-30(23(28)11-10-21(27)17-26)14-12-24(31-5-2)32-15-7-6-13-29-3/h8-11,16,24,29H,4-5,12-15,18,27-28H2,1-3H3/b21-10-,23-11+. The normalized spacial score (nSPS) is 12.6. The number of halogens is 1. The van der Waals surface area contributed by atoms with Crippen LogP contribution in [-0.2, 0) is 22.4 Å². The Kier molecular flexibility index (Phi) is 13.3. The molecule has 0 spiro atoms. The molecule has 5 N–H and O–H groups in total. The summed E-state index contributed by atoms with van der Waals surface area (Å²) in [4.78, 5) is 1.86. The van der Waals surface area contributed by atoms with E-state index in [2.05, 4.69) is 17.2 Å². The highest BCUT2D eigenvalue weighted by molar-refractivity contribution is 5.26. The highest BCUT2D eigenvalue weighted by Gasteiger charge is 2.14. The molecule has 0 aliphatic rings. The summed E-state index contributed by atoms with van der Waals surface area (Å²) in [6.45, 7) is 5.99. The Morgan fingerprint density at radius 1 is 1.25 bits per heavy atom. The average molecular weight is 444 g/mol. The highest BCUT2D eigenvalue weighted by atomic mass is 19.1. The number of hydrogen-bond donors (Lipinski definition) is 3. The fourth-order valence-corrected chi connectivity index (χ4v) is 2.81. The van der Waals surface area contributed by atoms with Crippen LogP contribution in [-0.4, -0.2) is 44.5 Å². The number of rotatable bonds is 13. The van der Waals surface area contributed by atoms with Crippen molar-refractivity contribution in [3.63, 3.8) is 0 Å². The predicted molar refractivity (Wildman–Crippen MR) is 124 cm³/mol. The van der Waals surface area contributed by atoms with Crippen molar-refractivity contribution in [3.05, 3.63) is 58.8 Å². The molecule has 0 aliphatic heterocycles. The molecule has 7 nitrogen and oxygen atoms in total. The number of nitrogens with zero attached hydrogens (tertiary/aromatic N) is 2. The van der Waals surface area contributed by atoms with Gasteiger partial charge in [-0.2, -0.15) is 5.26 Å². The first-order valence-electron chi connectivity index (χ1n) is 10.6. The minimum atomic E-state index is -0.460. The minimum Gasteiger partial charge on any atom is -0.390 e. The molecular weight excluding hydrogens is 409 g/mol. The number of aryl methyl sites for hydroxylation is 1. The molecule has 0 aromatic heterocycles. The summed E-state index contributed by atoms with van der Waals surface area (Å²) in [6.07, 6.45) is 3.69. The Labute approximate surface area is 190 Å². The summed E-state index contributed by atoms with van der Waals surface area (Å²) in [6, 6.07) is 7.04. The monoisotopic (exact) mass is 443 g/mol. The van der Waals surface area contributed by atoms with Crippen LogP contribution in [0.25, 0.3) is 0 Å². The molecule has 0 bridgehead atoms. The van der Waals surface area contributed by atoms with E-state index in [1.54, 1.807) is 12.1 Å². The second kappa shape index (κ2) is 15.7. The van der Waals surface area contributed by atoms with Gasteiger partial charge < -0.3 is 31.2 Å². The van der Waals surface area contributed by atoms with E-state index in [1.165, 1.54) is 12.1 Å². The van der Waals surface area contributed by atoms with Crippen LogP contribution < -0.4 is 16.8 Å². The summed E-state index contributed by atoms with van der Waals surface area (Å²) in [5.41, 5.74) is 13.3. The van der Waals surface area contributed by atoms with E-state index >= 15 is 0 Å². The van der Waals surface area contributed by atoms with Gasteiger partial charge in [-0.05, 0) is 49.7 Å². The number of ether oxygens (including phenoxy) is 2. The van der Waals surface area contributed by atoms with E-state index in [0.717, 1.165) is 5.56 Å². The average Bonchev–Trinajstić information content (AvgIpc) is 2.79. The van der Waals surface area contributed by atoms with Gasteiger partial charge in [0.1, 0.15) is 24.2 Å². The summed E-state index contributed by atoms with van der Waals surface area (Å²) < 4.78 is 25.7. The molecule has 0 radical (unpaired) electrons. The van der Waals surface area contributed by atoms with E-state index in [4.69, 9.17) is 26.2 Å². The summed E-state index contributed by atoms with van der Waals surface area (Å²) in [7, 11) is 1.83. The van der Waals surface area contributed by atoms with E-state index in [-0.39, 0.29) is 18.1 Å². The first-order chi connectivity index (χ1) is 15.4. The topological polar surface area (TPSA) is 110 Å². The van der Waals surface area contributed by atoms with E-state index < -0.39 is 6.29 Å². The lowest BCUT2D eigenvalue weighted by molar-refractivity contribution is -0.135. The molecule has 0 heterocycles. The molecule has 1 atom stereocenters. The van der Waals surface area contributed by atoms with E-state index in [1.807, 2.05) is 37.9 Å². The third kappa shape index (κ3) is 10.3. The van der Waals surface area contributed by atoms with Gasteiger partial charge in [0.05, 0.1) is 12.4 Å². The Morgan fingerprint density at radius 3 is 2.66 bits per heavy atom. The zero-order valence-corrected chi connectivity index (χ0v) is 19.2. The van der Waals surface area contributed by atoms with Crippen LogP contribution in [0.3, 0.4) is 0 Å². The zero-order valence-electron chi connectivity index (χ0n) is 19.2. The molecule has 174 valence electrons. The van der Waals surface area contributed by atoms with Crippen LogP contribution in [0.5, 0.6) is 0 Å². The lowest BCUT2D eigenvalue weighted by Gasteiger charge is -2.27. The maximum Gasteiger partial charge on any atom is 0.160 e. The predicted octanol–water partition coefficient (Wildman–Crippen LogP) is 2.35. The second-order valence-corrected chi connectivity index (χ2v) is 6.89. The highest BCUT2D eigenvalue weighted by Crippen LogP contribution is 2.16. The molecule has 1 aromatic rings. The third-order valence-corrected chi connectivity index (χ3v) is 4.52. The fourth-order valence-electron chi connectivity index (χ4n) is 2.81. The first-order valence-corrected chi connectivity index (χ1v) is 10.6. The van der Waals surface area contributed by atoms with Crippen LogP contribution in [0.15, 0.2) is 41.9 Å². The number of benzene rings is 1. The Morgan fingerprint density at radius 2 is 2.03 bits per heavy atom. The van der Waals surface area contributed by atoms with Gasteiger partial charge in [-0.3, -0.25) is 0 Å². The van der Waals surface area contributed by atoms with Gasteiger partial charge in [0.15, 0.2) is 6.29 Å². The van der Waals surface area contributed by atoms with Gasteiger partial charge >= 0.3 is 0 Å². The number of nitrogens with one attached hydrogen (secondary N) is 1. The SMILES string of the molecule is CCOC(CCN(Cc1ccc(CC)c(F)c1)/C(N)=C/C=C(\N)C#N)OCC#CCNC. The third-order valence-electron chi connectivity index (χ3n) is 4.52. The number of nitriles is 1. The van der Waals surface area contributed by atoms with Gasteiger partial charge in [0.25, 0.3) is 0 Å². The van der Waals surface area contributed by atoms with Crippen molar-refractivity contribution in [2.75, 3.05) is 33.4 Å². The summed E-state index contributed by atoms with van der Waals surface area (Å²) >= 11 is 0. The van der Waals surface area contributed by atoms with Crippen molar-refractivity contribution < 1.29 is 13.9 Å². The van der Waals surface area contributed by atoms with Gasteiger partial charge in [0, 0.05) is 26.1 Å². The second-order valence-electron chi connectivity index (χ2n) is 6.89. The smallest absolute Gasteiger partial charge is 0.160 e. The van der Waals surface area contributed by atoms with Crippen molar-refractivity contribution in [2.24, 2.45) is 11.5 Å². The van der Waals surface area contributed by atoms with Crippen LogP contribution in [0.2, 0.25) is 0 Å². The maximum atomic E-state index is 14.3. The molecule has 0 saturated heterocycles. The van der Waals surface area contributed by atoms with Gasteiger partial charge in [-0.25, -0.2) is 4.39 Å². The molecule has 1 aromatic carbocycles. The molecule has 8 heteroatoms. The lowest BCUT2D eigenvalue weighted by Crippen LogP contribution is -2.32. The Hall–Kier alpha value is -3.04. The van der Waals surface area contributed by atoms with Crippen molar-refractivity contribution >= 4 is 0 Å². The van der Waals surface area contributed by atoms with Crippen molar-refractivity contribution in [1.82, 2.24) is 10.2 Å². The van der Waals surface area contributed by atoms with Gasteiger partial charge in [0.2, 0.25) is 0 Å². The van der Waals surface area contributed by atoms with E-state index in [0.29, 0.717) is 50.5 Å². The van der Waals surface area contributed by atoms with E-state index in [9.17, 15) is 4.39 Å². The Bertz CT molecular complexity index is 867. The zero-order chi connectivity index (χ0) is 23.8. The van der Waals surface area contributed by atoms with Crippen LogP contribution >= 0.6 is 0 Å². The number of hydrogen-bond acceptors (Lipinski definition) is 7. The fraction of sp³-hybridized carbons (Fsp3) is 0.458. The molecule has 0 amide bonds. The molecule has 0 fully saturated rings. The largest absolute Gasteiger partial charge is 0.390 e. The van der Waals surface area contributed by atoms with Gasteiger partial charge in [-0.1, -0.05) is 30.9 Å². The first kappa shape index (κ1) is 27.0. The van der Waals surface area contributed by atoms with Crippen LogP contribution in [0.1, 0.15) is 31.4 Å². The number of allylic oxidation sites excluding steroid dienone is 3. The lowest BCUT2D eigenvalue weighted by atomic mass is 10.1. The molecule has 1 rings (SSSR count). The van der Waals surface area contributed by atoms with Crippen molar-refractivity contribution in [1.29, 1.82) is 5.26 Å². The summed E-state index contributed by atoms with van der Waals surface area (Å²) in [5, 5.41) is 11.8. The minimum absolute atomic E-state index is 0.0434. The quantitative estimate of drug-likeness (QED) is 0.186. The Balaban J connectivity index is 2.95. The maximum absolute atomic E-state index is 14.3. The number of nitrogens with two attached hydrogens (primary N) is 2. The molecule has 1 unspecified atom stereocenters. The van der Waals surface area contributed by atoms with Crippen molar-refractivity contribution in [3.8, 4) is 17.9 Å². The van der Waals surface area contributed by atoms with Crippen LogP contribution in [0, 0.1) is 29.0 Å². The van der Waals surface area contributed by atoms with Crippen molar-refractivity contribution in [2.45, 2.75) is 39.5 Å². The summed E-state index contributed by atoms with van der Waals surface area (Å²) in [5.74, 6) is 6.01. The molecule has 0 saturated carbocycles.